The van der Waals surface area contributed by atoms with Gasteiger partial charge in [-0.2, -0.15) is 4.33 Å². The van der Waals surface area contributed by atoms with Gasteiger partial charge in [0.05, 0.1) is 34.4 Å². The Labute approximate surface area is 355 Å². The number of hydrogen-bond donors (Lipinski definition) is 0. The predicted octanol–water partition coefficient (Wildman–Crippen LogP) is 1.53. The van der Waals surface area contributed by atoms with Gasteiger partial charge in [-0.25, -0.2) is 8.42 Å². The van der Waals surface area contributed by atoms with E-state index in [4.69, 9.17) is 9.47 Å². The number of hydrogen-bond acceptors (Lipinski definition) is 10. The molecular formula is C40H28Na2O9S2. The number of fused-ring (bicyclic) bond motifs is 3. The molecule has 6 aromatic rings. The van der Waals surface area contributed by atoms with Crippen molar-refractivity contribution in [2.75, 3.05) is 7.11 Å². The number of rotatable bonds is 11. The zero-order chi connectivity index (χ0) is 35.8. The maximum absolute atomic E-state index is 13.4. The molecule has 53 heavy (non-hydrogen) atoms. The number of benzene rings is 6. The Hall–Kier alpha value is -3.27. The van der Waals surface area contributed by atoms with Crippen molar-refractivity contribution in [2.45, 2.75) is 22.1 Å². The molecule has 13 heteroatoms. The van der Waals surface area contributed by atoms with Crippen LogP contribution in [0.4, 0.5) is 0 Å². The Balaban J connectivity index is 0.00000271. The van der Waals surface area contributed by atoms with E-state index in [1.165, 1.54) is 37.3 Å². The number of carbonyl (C=O) groups is 1. The first-order valence-electron chi connectivity index (χ1n) is 15.7. The summed E-state index contributed by atoms with van der Waals surface area (Å²) >= 11 is 0.543. The number of ketones is 1. The van der Waals surface area contributed by atoms with E-state index in [0.29, 0.717) is 17.8 Å². The number of carbonyl (C=O) groups excluding carboxylic acids is 1. The molecule has 6 aromatic carbocycles. The first-order chi connectivity index (χ1) is 24.6. The zero-order valence-corrected chi connectivity index (χ0v) is 34.8. The average Bonchev–Trinajstić information content (AvgIpc) is 3.45. The van der Waals surface area contributed by atoms with Crippen LogP contribution in [0.1, 0.15) is 43.7 Å². The summed E-state index contributed by atoms with van der Waals surface area (Å²) in [4.78, 5) is 13.1. The van der Waals surface area contributed by atoms with Gasteiger partial charge in [0, 0.05) is 11.1 Å². The van der Waals surface area contributed by atoms with Gasteiger partial charge < -0.3 is 19.3 Å². The Morgan fingerprint density at radius 2 is 1.23 bits per heavy atom. The van der Waals surface area contributed by atoms with Crippen molar-refractivity contribution < 1.29 is 101 Å². The molecule has 9 nitrogen and oxygen atoms in total. The number of methoxy groups -OCH3 is 1. The zero-order valence-electron chi connectivity index (χ0n) is 29.2. The normalized spacial score (nSPS) is 12.5. The molecule has 0 unspecified atom stereocenters. The largest absolute Gasteiger partial charge is 1.00 e. The van der Waals surface area contributed by atoms with Gasteiger partial charge in [0.15, 0.2) is 5.78 Å². The van der Waals surface area contributed by atoms with E-state index in [-0.39, 0.29) is 86.4 Å². The minimum Gasteiger partial charge on any atom is -0.744 e. The third kappa shape index (κ3) is 7.81. The van der Waals surface area contributed by atoms with Crippen LogP contribution in [-0.4, -0.2) is 25.9 Å². The Morgan fingerprint density at radius 1 is 0.698 bits per heavy atom. The molecule has 0 heterocycles. The molecule has 0 atom stereocenters. The summed E-state index contributed by atoms with van der Waals surface area (Å²) in [6.45, 7) is 1.47. The predicted molar refractivity (Wildman–Crippen MR) is 187 cm³/mol. The van der Waals surface area contributed by atoms with E-state index < -0.39 is 26.2 Å². The Morgan fingerprint density at radius 3 is 1.77 bits per heavy atom. The van der Waals surface area contributed by atoms with Gasteiger partial charge in [-0.3, -0.25) is 9.83 Å². The maximum atomic E-state index is 13.4. The fourth-order valence-electron chi connectivity index (χ4n) is 6.79. The van der Waals surface area contributed by atoms with Crippen LogP contribution < -0.4 is 73.8 Å². The second-order valence-corrected chi connectivity index (χ2v) is 13.9. The maximum Gasteiger partial charge on any atom is 1.00 e. The standard InChI is InChI=1S/C40H30O9S2.2Na/c1-25-11-12-27(24-38(25)51(43,44)45)39(41)26-13-22-36(37(23-26)50-49-48-42)47-31-20-16-29(17-21-31)40(28-14-18-30(46-2)19-15-28)34-9-5-3-7-32(34)33-8-4-6-10-35(33)40;;/h3-24,42H,1-2H3,(H,43,44,45);;/q;2*+1/p-2. The minimum atomic E-state index is -4.80. The van der Waals surface area contributed by atoms with E-state index in [0.717, 1.165) is 45.2 Å². The third-order valence-corrected chi connectivity index (χ3v) is 10.7. The van der Waals surface area contributed by atoms with E-state index in [1.807, 2.05) is 60.7 Å². The third-order valence-electron chi connectivity index (χ3n) is 9.07. The van der Waals surface area contributed by atoms with Gasteiger partial charge in [0.2, 0.25) is 0 Å². The minimum absolute atomic E-state index is 0. The smallest absolute Gasteiger partial charge is 0.744 e. The van der Waals surface area contributed by atoms with Crippen LogP contribution >= 0.6 is 12.0 Å². The van der Waals surface area contributed by atoms with Crippen LogP contribution in [0.5, 0.6) is 17.2 Å². The SMILES string of the molecule is COc1ccc(C2(c3ccc(Oc4ccc(C(=O)c5ccc(C)c(S(=O)(=O)[O-])c5)cc4SOO[O-])cc3)c3ccccc3-c3ccccc32)cc1.[Na+].[Na+]. The summed E-state index contributed by atoms with van der Waals surface area (Å²) in [5.74, 6) is 0.927. The Kier molecular flexibility index (Phi) is 13.1. The van der Waals surface area contributed by atoms with Crippen molar-refractivity contribution >= 4 is 27.9 Å². The number of ether oxygens (including phenoxy) is 2. The second-order valence-electron chi connectivity index (χ2n) is 11.8. The quantitative estimate of drug-likeness (QED) is 0.0478. The molecule has 0 aliphatic heterocycles. The van der Waals surface area contributed by atoms with Gasteiger partial charge in [0.1, 0.15) is 27.4 Å². The van der Waals surface area contributed by atoms with Crippen molar-refractivity contribution in [1.82, 2.24) is 0 Å². The van der Waals surface area contributed by atoms with Gasteiger partial charge in [0.25, 0.3) is 0 Å². The topological polar surface area (TPSA) is 134 Å². The molecular weight excluding hydrogens is 735 g/mol. The van der Waals surface area contributed by atoms with Crippen molar-refractivity contribution in [3.63, 3.8) is 0 Å². The molecule has 0 radical (unpaired) electrons. The average molecular weight is 763 g/mol. The van der Waals surface area contributed by atoms with Crippen LogP contribution in [0.15, 0.2) is 143 Å². The molecule has 256 valence electrons. The van der Waals surface area contributed by atoms with Gasteiger partial charge in [-0.1, -0.05) is 84.9 Å². The fourth-order valence-corrected chi connectivity index (χ4v) is 7.99. The molecule has 7 rings (SSSR count). The number of aryl methyl sites for hydroxylation is 1. The van der Waals surface area contributed by atoms with Crippen molar-refractivity contribution in [3.8, 4) is 28.4 Å². The molecule has 0 saturated carbocycles. The molecule has 0 amide bonds. The monoisotopic (exact) mass is 762 g/mol. The summed E-state index contributed by atoms with van der Waals surface area (Å²) in [5.41, 5.74) is 6.39. The summed E-state index contributed by atoms with van der Waals surface area (Å²) in [7, 11) is -3.15. The molecule has 0 aromatic heterocycles. The Bertz CT molecular complexity index is 2340. The summed E-state index contributed by atoms with van der Waals surface area (Å²) in [6, 6.07) is 40.9. The molecule has 0 bridgehead atoms. The first-order valence-corrected chi connectivity index (χ1v) is 17.8. The summed E-state index contributed by atoms with van der Waals surface area (Å²) < 4.78 is 51.5. The molecule has 0 saturated heterocycles. The second kappa shape index (κ2) is 17.0. The van der Waals surface area contributed by atoms with Crippen molar-refractivity contribution in [1.29, 1.82) is 0 Å². The van der Waals surface area contributed by atoms with Crippen molar-refractivity contribution in [2.24, 2.45) is 0 Å². The molecule has 0 N–H and O–H groups in total. The van der Waals surface area contributed by atoms with Crippen LogP contribution in [0.3, 0.4) is 0 Å². The molecule has 0 spiro atoms. The van der Waals surface area contributed by atoms with Crippen LogP contribution in [0.25, 0.3) is 11.1 Å². The van der Waals surface area contributed by atoms with Crippen molar-refractivity contribution in [3.05, 3.63) is 172 Å². The van der Waals surface area contributed by atoms with E-state index in [2.05, 4.69) is 45.8 Å². The fraction of sp³-hybridized carbons (Fsp3) is 0.0750. The van der Waals surface area contributed by atoms with E-state index in [9.17, 15) is 23.0 Å². The molecule has 0 fully saturated rings. The van der Waals surface area contributed by atoms with Gasteiger partial charge in [-0.05, 0) is 94.4 Å². The molecule has 1 aliphatic carbocycles. The van der Waals surface area contributed by atoms with Gasteiger partial charge in [-0.15, -0.1) is 0 Å². The molecule has 1 aliphatic rings. The summed E-state index contributed by atoms with van der Waals surface area (Å²) in [6.07, 6.45) is 0. The first kappa shape index (κ1) is 40.9. The van der Waals surface area contributed by atoms with Gasteiger partial charge >= 0.3 is 59.1 Å². The van der Waals surface area contributed by atoms with Crippen LogP contribution in [-0.2, 0) is 24.9 Å². The van der Waals surface area contributed by atoms with E-state index >= 15 is 0 Å². The van der Waals surface area contributed by atoms with Crippen LogP contribution in [0.2, 0.25) is 0 Å². The van der Waals surface area contributed by atoms with Crippen LogP contribution in [0, 0.1) is 6.92 Å². The van der Waals surface area contributed by atoms with E-state index in [1.54, 1.807) is 7.11 Å². The summed E-state index contributed by atoms with van der Waals surface area (Å²) in [5, 5.41) is 14.3.